The highest BCUT2D eigenvalue weighted by Crippen LogP contribution is 2.21. The topological polar surface area (TPSA) is 12.0 Å². The van der Waals surface area contributed by atoms with Gasteiger partial charge in [-0.2, -0.15) is 11.3 Å². The van der Waals surface area contributed by atoms with Crippen molar-refractivity contribution in [1.82, 2.24) is 5.32 Å². The van der Waals surface area contributed by atoms with Gasteiger partial charge in [0, 0.05) is 6.04 Å². The molecule has 0 saturated heterocycles. The lowest BCUT2D eigenvalue weighted by Gasteiger charge is -2.17. The van der Waals surface area contributed by atoms with Crippen LogP contribution in [-0.2, 0) is 6.42 Å². The first kappa shape index (κ1) is 12.3. The Morgan fingerprint density at radius 2 is 2.00 bits per heavy atom. The molecule has 0 aliphatic heterocycles. The van der Waals surface area contributed by atoms with Gasteiger partial charge in [0.15, 0.2) is 0 Å². The van der Waals surface area contributed by atoms with E-state index >= 15 is 0 Å². The van der Waals surface area contributed by atoms with Gasteiger partial charge in [0.05, 0.1) is 0 Å². The number of hydrogen-bond acceptors (Lipinski definition) is 2. The largest absolute Gasteiger partial charge is 0.313 e. The Morgan fingerprint density at radius 1 is 1.18 bits per heavy atom. The van der Waals surface area contributed by atoms with Crippen molar-refractivity contribution in [2.75, 3.05) is 7.05 Å². The molecular weight excluding hydrogens is 226 g/mol. The summed E-state index contributed by atoms with van der Waals surface area (Å²) in [5, 5.41) is 7.78. The van der Waals surface area contributed by atoms with Crippen molar-refractivity contribution in [2.45, 2.75) is 26.3 Å². The van der Waals surface area contributed by atoms with E-state index < -0.39 is 0 Å². The Hall–Kier alpha value is -1.12. The van der Waals surface area contributed by atoms with Crippen LogP contribution in [0.25, 0.3) is 0 Å². The van der Waals surface area contributed by atoms with Gasteiger partial charge in [-0.1, -0.05) is 18.2 Å². The van der Waals surface area contributed by atoms with E-state index in [1.54, 1.807) is 11.3 Å². The summed E-state index contributed by atoms with van der Waals surface area (Å²) in [6.45, 7) is 4.34. The Balaban J connectivity index is 2.20. The van der Waals surface area contributed by atoms with E-state index in [1.165, 1.54) is 22.3 Å². The zero-order valence-corrected chi connectivity index (χ0v) is 11.5. The third-order valence-corrected chi connectivity index (χ3v) is 4.03. The van der Waals surface area contributed by atoms with Gasteiger partial charge in [0.25, 0.3) is 0 Å². The zero-order valence-electron chi connectivity index (χ0n) is 10.7. The fourth-order valence-electron chi connectivity index (χ4n) is 2.01. The Kier molecular flexibility index (Phi) is 3.97. The second-order valence-corrected chi connectivity index (χ2v) is 5.30. The number of rotatable bonds is 4. The second kappa shape index (κ2) is 5.48. The van der Waals surface area contributed by atoms with E-state index in [9.17, 15) is 0 Å². The lowest BCUT2D eigenvalue weighted by Crippen LogP contribution is -2.18. The molecule has 0 radical (unpaired) electrons. The van der Waals surface area contributed by atoms with Crippen molar-refractivity contribution in [1.29, 1.82) is 0 Å². The van der Waals surface area contributed by atoms with Crippen molar-refractivity contribution in [3.05, 3.63) is 57.3 Å². The number of aryl methyl sites for hydroxylation is 2. The average Bonchev–Trinajstić information content (AvgIpc) is 2.82. The fourth-order valence-corrected chi connectivity index (χ4v) is 2.69. The SMILES string of the molecule is CNC(Cc1ccsc1)c1ccc(C)c(C)c1. The minimum Gasteiger partial charge on any atom is -0.313 e. The number of hydrogen-bond donors (Lipinski definition) is 1. The van der Waals surface area contributed by atoms with Crippen molar-refractivity contribution in [2.24, 2.45) is 0 Å². The summed E-state index contributed by atoms with van der Waals surface area (Å²) >= 11 is 1.77. The van der Waals surface area contributed by atoms with Gasteiger partial charge >= 0.3 is 0 Å². The van der Waals surface area contributed by atoms with Gasteiger partial charge in [-0.25, -0.2) is 0 Å². The molecule has 1 aromatic carbocycles. The minimum atomic E-state index is 0.406. The summed E-state index contributed by atoms with van der Waals surface area (Å²) in [6, 6.07) is 9.35. The standard InChI is InChI=1S/C15H19NS/c1-11-4-5-14(8-12(11)2)15(16-3)9-13-6-7-17-10-13/h4-8,10,15-16H,9H2,1-3H3. The third kappa shape index (κ3) is 2.96. The van der Waals surface area contributed by atoms with Crippen molar-refractivity contribution < 1.29 is 0 Å². The summed E-state index contributed by atoms with van der Waals surface area (Å²) < 4.78 is 0. The van der Waals surface area contributed by atoms with Crippen LogP contribution in [0.5, 0.6) is 0 Å². The molecule has 1 unspecified atom stereocenters. The predicted molar refractivity (Wildman–Crippen MR) is 75.7 cm³/mol. The summed E-state index contributed by atoms with van der Waals surface area (Å²) in [6.07, 6.45) is 1.06. The van der Waals surface area contributed by atoms with Crippen molar-refractivity contribution in [3.63, 3.8) is 0 Å². The van der Waals surface area contributed by atoms with Crippen LogP contribution in [0, 0.1) is 13.8 Å². The van der Waals surface area contributed by atoms with E-state index in [2.05, 4.69) is 54.2 Å². The van der Waals surface area contributed by atoms with Gasteiger partial charge in [0.2, 0.25) is 0 Å². The molecule has 0 saturated carbocycles. The minimum absolute atomic E-state index is 0.406. The Labute approximate surface area is 108 Å². The van der Waals surface area contributed by atoms with Gasteiger partial charge < -0.3 is 5.32 Å². The molecule has 1 heterocycles. The van der Waals surface area contributed by atoms with Crippen LogP contribution in [0.4, 0.5) is 0 Å². The molecule has 0 spiro atoms. The first-order chi connectivity index (χ1) is 8.20. The average molecular weight is 245 g/mol. The Morgan fingerprint density at radius 3 is 2.59 bits per heavy atom. The molecule has 0 aliphatic carbocycles. The summed E-state index contributed by atoms with van der Waals surface area (Å²) in [7, 11) is 2.03. The molecule has 2 rings (SSSR count). The Bertz CT molecular complexity index is 474. The van der Waals surface area contributed by atoms with Gasteiger partial charge in [-0.05, 0) is 66.4 Å². The highest BCUT2D eigenvalue weighted by atomic mass is 32.1. The second-order valence-electron chi connectivity index (χ2n) is 4.52. The van der Waals surface area contributed by atoms with Gasteiger partial charge in [-0.15, -0.1) is 0 Å². The van der Waals surface area contributed by atoms with Crippen LogP contribution in [0.1, 0.15) is 28.3 Å². The molecule has 0 fully saturated rings. The monoisotopic (exact) mass is 245 g/mol. The van der Waals surface area contributed by atoms with E-state index in [-0.39, 0.29) is 0 Å². The predicted octanol–water partition coefficient (Wildman–Crippen LogP) is 3.87. The quantitative estimate of drug-likeness (QED) is 0.862. The van der Waals surface area contributed by atoms with E-state index in [4.69, 9.17) is 0 Å². The first-order valence-corrected chi connectivity index (χ1v) is 6.90. The molecular formula is C15H19NS. The fraction of sp³-hybridized carbons (Fsp3) is 0.333. The van der Waals surface area contributed by atoms with Crippen LogP contribution in [-0.4, -0.2) is 7.05 Å². The summed E-state index contributed by atoms with van der Waals surface area (Å²) in [5.74, 6) is 0. The van der Waals surface area contributed by atoms with Crippen LogP contribution >= 0.6 is 11.3 Å². The van der Waals surface area contributed by atoms with Crippen LogP contribution in [0.2, 0.25) is 0 Å². The molecule has 90 valence electrons. The molecule has 1 nitrogen and oxygen atoms in total. The number of benzene rings is 1. The highest BCUT2D eigenvalue weighted by molar-refractivity contribution is 7.07. The number of thiophene rings is 1. The maximum absolute atomic E-state index is 3.41. The van der Waals surface area contributed by atoms with Crippen LogP contribution in [0.3, 0.4) is 0 Å². The molecule has 1 atom stereocenters. The van der Waals surface area contributed by atoms with Gasteiger partial charge in [-0.3, -0.25) is 0 Å². The van der Waals surface area contributed by atoms with Crippen molar-refractivity contribution in [3.8, 4) is 0 Å². The summed E-state index contributed by atoms with van der Waals surface area (Å²) in [5.41, 5.74) is 5.52. The van der Waals surface area contributed by atoms with Crippen LogP contribution in [0.15, 0.2) is 35.0 Å². The zero-order chi connectivity index (χ0) is 12.3. The lowest BCUT2D eigenvalue weighted by atomic mass is 9.97. The van der Waals surface area contributed by atoms with Gasteiger partial charge in [0.1, 0.15) is 0 Å². The highest BCUT2D eigenvalue weighted by Gasteiger charge is 2.10. The summed E-state index contributed by atoms with van der Waals surface area (Å²) in [4.78, 5) is 0. The lowest BCUT2D eigenvalue weighted by molar-refractivity contribution is 0.592. The smallest absolute Gasteiger partial charge is 0.0358 e. The molecule has 1 aromatic heterocycles. The number of likely N-dealkylation sites (N-methyl/N-ethyl adjacent to an activating group) is 1. The first-order valence-electron chi connectivity index (χ1n) is 5.96. The maximum Gasteiger partial charge on any atom is 0.0358 e. The van der Waals surface area contributed by atoms with Crippen LogP contribution < -0.4 is 5.32 Å². The maximum atomic E-state index is 3.41. The molecule has 0 aliphatic rings. The third-order valence-electron chi connectivity index (χ3n) is 3.30. The normalized spacial score (nSPS) is 12.6. The molecule has 0 bridgehead atoms. The molecule has 1 N–H and O–H groups in total. The van der Waals surface area contributed by atoms with E-state index in [0.717, 1.165) is 6.42 Å². The van der Waals surface area contributed by atoms with E-state index in [0.29, 0.717) is 6.04 Å². The van der Waals surface area contributed by atoms with Crippen molar-refractivity contribution >= 4 is 11.3 Å². The molecule has 2 aromatic rings. The van der Waals surface area contributed by atoms with E-state index in [1.807, 2.05) is 7.05 Å². The molecule has 0 amide bonds. The number of nitrogens with one attached hydrogen (secondary N) is 1. The molecule has 2 heteroatoms. The molecule has 17 heavy (non-hydrogen) atoms.